The summed E-state index contributed by atoms with van der Waals surface area (Å²) in [5.74, 6) is 2.69. The molecular formula is C27H34O4. The van der Waals surface area contributed by atoms with Crippen molar-refractivity contribution in [2.24, 2.45) is 28.6 Å². The summed E-state index contributed by atoms with van der Waals surface area (Å²) in [6, 6.07) is 7.24. The van der Waals surface area contributed by atoms with E-state index in [0.717, 1.165) is 32.1 Å². The molecule has 0 heterocycles. The van der Waals surface area contributed by atoms with E-state index in [2.05, 4.69) is 13.8 Å². The number of allylic oxidation sites excluding steroid dienone is 1. The van der Waals surface area contributed by atoms with E-state index < -0.39 is 0 Å². The first-order valence-electron chi connectivity index (χ1n) is 11.9. The Balaban J connectivity index is 1.35. The standard InChI is InChI=1S/C27H34O4/c1-26-13-11-19(28)16-18(26)7-8-21-22-9-10-24(27(22,2)14-12-23(21)26)31-25(29)17-5-4-6-20(15-17)30-3/h4-6,15-16,21-24H,7-14H2,1-3H3/t21-,22-,23+,24?,26-,27-/m0/s1. The van der Waals surface area contributed by atoms with Crippen LogP contribution in [-0.2, 0) is 9.53 Å². The molecule has 5 rings (SSSR count). The van der Waals surface area contributed by atoms with E-state index in [0.29, 0.717) is 41.3 Å². The van der Waals surface area contributed by atoms with Gasteiger partial charge in [0.05, 0.1) is 12.7 Å². The zero-order chi connectivity index (χ0) is 21.8. The second-order valence-corrected chi connectivity index (χ2v) is 10.7. The van der Waals surface area contributed by atoms with E-state index in [4.69, 9.17) is 9.47 Å². The molecule has 3 saturated carbocycles. The number of hydrogen-bond acceptors (Lipinski definition) is 4. The summed E-state index contributed by atoms with van der Waals surface area (Å²) in [4.78, 5) is 24.9. The lowest BCUT2D eigenvalue weighted by Crippen LogP contribution is -2.51. The topological polar surface area (TPSA) is 52.6 Å². The van der Waals surface area contributed by atoms with Gasteiger partial charge in [0.2, 0.25) is 0 Å². The molecule has 0 saturated heterocycles. The number of esters is 1. The Labute approximate surface area is 185 Å². The molecule has 4 aliphatic carbocycles. The van der Waals surface area contributed by atoms with Crippen molar-refractivity contribution < 1.29 is 19.1 Å². The molecule has 4 aliphatic rings. The van der Waals surface area contributed by atoms with Crippen molar-refractivity contribution in [2.75, 3.05) is 7.11 Å². The minimum Gasteiger partial charge on any atom is -0.497 e. The van der Waals surface area contributed by atoms with Gasteiger partial charge < -0.3 is 9.47 Å². The average Bonchev–Trinajstić information content (AvgIpc) is 3.10. The molecule has 166 valence electrons. The number of carbonyl (C=O) groups is 2. The SMILES string of the molecule is COc1cccc(C(=O)OC2CC[C@H]3[C@@H]4CCC5=CC(=O)CC[C@]5(C)[C@@H]4CC[C@]23C)c1. The highest BCUT2D eigenvalue weighted by Crippen LogP contribution is 2.65. The van der Waals surface area contributed by atoms with Crippen LogP contribution in [0.3, 0.4) is 0 Å². The number of rotatable bonds is 3. The van der Waals surface area contributed by atoms with Gasteiger partial charge in [0.1, 0.15) is 11.9 Å². The molecule has 0 N–H and O–H groups in total. The predicted octanol–water partition coefficient (Wildman–Crippen LogP) is 5.75. The van der Waals surface area contributed by atoms with E-state index in [1.54, 1.807) is 19.2 Å². The highest BCUT2D eigenvalue weighted by molar-refractivity contribution is 5.91. The van der Waals surface area contributed by atoms with Gasteiger partial charge in [-0.25, -0.2) is 4.79 Å². The van der Waals surface area contributed by atoms with Crippen LogP contribution in [-0.4, -0.2) is 25.0 Å². The van der Waals surface area contributed by atoms with Gasteiger partial charge in [-0.2, -0.15) is 0 Å². The zero-order valence-electron chi connectivity index (χ0n) is 19.0. The fraction of sp³-hybridized carbons (Fsp3) is 0.630. The molecule has 6 atom stereocenters. The molecule has 1 aromatic carbocycles. The van der Waals surface area contributed by atoms with Crippen molar-refractivity contribution in [3.63, 3.8) is 0 Å². The Kier molecular flexibility index (Phi) is 5.02. The number of benzene rings is 1. The van der Waals surface area contributed by atoms with Crippen molar-refractivity contribution in [2.45, 2.75) is 71.3 Å². The summed E-state index contributed by atoms with van der Waals surface area (Å²) in [7, 11) is 1.61. The molecule has 4 nitrogen and oxygen atoms in total. The molecule has 1 unspecified atom stereocenters. The minimum absolute atomic E-state index is 0.0187. The summed E-state index contributed by atoms with van der Waals surface area (Å²) in [5, 5.41) is 0. The smallest absolute Gasteiger partial charge is 0.338 e. The third-order valence-electron chi connectivity index (χ3n) is 9.43. The molecule has 0 bridgehead atoms. The zero-order valence-corrected chi connectivity index (χ0v) is 19.0. The molecule has 0 aliphatic heterocycles. The predicted molar refractivity (Wildman–Crippen MR) is 119 cm³/mol. The first-order chi connectivity index (χ1) is 14.8. The monoisotopic (exact) mass is 422 g/mol. The molecule has 0 spiro atoms. The summed E-state index contributed by atoms with van der Waals surface area (Å²) < 4.78 is 11.4. The maximum absolute atomic E-state index is 12.9. The number of ether oxygens (including phenoxy) is 2. The largest absolute Gasteiger partial charge is 0.497 e. The second-order valence-electron chi connectivity index (χ2n) is 10.7. The fourth-order valence-corrected chi connectivity index (χ4v) is 7.65. The van der Waals surface area contributed by atoms with Crippen LogP contribution >= 0.6 is 0 Å². The number of hydrogen-bond donors (Lipinski definition) is 0. The average molecular weight is 423 g/mol. The van der Waals surface area contributed by atoms with Crippen molar-refractivity contribution in [1.82, 2.24) is 0 Å². The van der Waals surface area contributed by atoms with Gasteiger partial charge in [0, 0.05) is 11.8 Å². The van der Waals surface area contributed by atoms with Crippen LogP contribution in [0.2, 0.25) is 0 Å². The van der Waals surface area contributed by atoms with Gasteiger partial charge in [-0.05, 0) is 92.4 Å². The summed E-state index contributed by atoms with van der Waals surface area (Å²) in [6.45, 7) is 4.78. The second kappa shape index (κ2) is 7.50. The van der Waals surface area contributed by atoms with Crippen LogP contribution in [0.25, 0.3) is 0 Å². The molecule has 31 heavy (non-hydrogen) atoms. The molecule has 0 radical (unpaired) electrons. The lowest BCUT2D eigenvalue weighted by molar-refractivity contribution is -0.118. The highest BCUT2D eigenvalue weighted by atomic mass is 16.5. The molecule has 0 aromatic heterocycles. The van der Waals surface area contributed by atoms with Crippen molar-refractivity contribution in [3.05, 3.63) is 41.5 Å². The van der Waals surface area contributed by atoms with Gasteiger partial charge in [-0.3, -0.25) is 4.79 Å². The number of carbonyl (C=O) groups excluding carboxylic acids is 2. The highest BCUT2D eigenvalue weighted by Gasteiger charge is 2.60. The van der Waals surface area contributed by atoms with Crippen LogP contribution in [0, 0.1) is 28.6 Å². The fourth-order valence-electron chi connectivity index (χ4n) is 7.65. The van der Waals surface area contributed by atoms with E-state index in [9.17, 15) is 9.59 Å². The van der Waals surface area contributed by atoms with Crippen LogP contribution < -0.4 is 4.74 Å². The Bertz CT molecular complexity index is 933. The van der Waals surface area contributed by atoms with Crippen molar-refractivity contribution in [3.8, 4) is 5.75 Å². The third kappa shape index (κ3) is 3.25. The Morgan fingerprint density at radius 1 is 1.03 bits per heavy atom. The van der Waals surface area contributed by atoms with Gasteiger partial charge in [-0.1, -0.05) is 25.5 Å². The quantitative estimate of drug-likeness (QED) is 0.582. The normalized spacial score (nSPS) is 39.1. The maximum atomic E-state index is 12.9. The lowest BCUT2D eigenvalue weighted by Gasteiger charge is -2.57. The van der Waals surface area contributed by atoms with Crippen LogP contribution in [0.5, 0.6) is 5.75 Å². The number of ketones is 1. The van der Waals surface area contributed by atoms with Gasteiger partial charge in [0.25, 0.3) is 0 Å². The lowest BCUT2D eigenvalue weighted by atomic mass is 9.47. The third-order valence-corrected chi connectivity index (χ3v) is 9.43. The van der Waals surface area contributed by atoms with E-state index in [-0.39, 0.29) is 22.9 Å². The molecule has 4 heteroatoms. The Morgan fingerprint density at radius 3 is 2.68 bits per heavy atom. The Hall–Kier alpha value is -2.10. The number of methoxy groups -OCH3 is 1. The van der Waals surface area contributed by atoms with Gasteiger partial charge >= 0.3 is 5.97 Å². The van der Waals surface area contributed by atoms with Crippen molar-refractivity contribution >= 4 is 11.8 Å². The first kappa shape index (κ1) is 20.8. The molecule has 1 aromatic rings. The van der Waals surface area contributed by atoms with Crippen LogP contribution in [0.15, 0.2) is 35.9 Å². The van der Waals surface area contributed by atoms with Gasteiger partial charge in [0.15, 0.2) is 5.78 Å². The van der Waals surface area contributed by atoms with Crippen molar-refractivity contribution in [1.29, 1.82) is 0 Å². The summed E-state index contributed by atoms with van der Waals surface area (Å²) in [6.07, 6.45) is 10.3. The summed E-state index contributed by atoms with van der Waals surface area (Å²) >= 11 is 0. The summed E-state index contributed by atoms with van der Waals surface area (Å²) in [5.41, 5.74) is 2.21. The minimum atomic E-state index is -0.237. The van der Waals surface area contributed by atoms with E-state index in [1.807, 2.05) is 18.2 Å². The number of fused-ring (bicyclic) bond motifs is 5. The van der Waals surface area contributed by atoms with Gasteiger partial charge in [-0.15, -0.1) is 0 Å². The van der Waals surface area contributed by atoms with E-state index in [1.165, 1.54) is 18.4 Å². The van der Waals surface area contributed by atoms with E-state index >= 15 is 0 Å². The maximum Gasteiger partial charge on any atom is 0.338 e. The first-order valence-corrected chi connectivity index (χ1v) is 11.9. The molecule has 0 amide bonds. The molecular weight excluding hydrogens is 388 g/mol. The molecule has 3 fully saturated rings. The Morgan fingerprint density at radius 2 is 1.87 bits per heavy atom. The van der Waals surface area contributed by atoms with Crippen LogP contribution in [0.1, 0.15) is 75.6 Å². The van der Waals surface area contributed by atoms with Crippen LogP contribution in [0.4, 0.5) is 0 Å².